The molecule has 150 valence electrons. The van der Waals surface area contributed by atoms with Crippen molar-refractivity contribution >= 4 is 51.3 Å². The molecular formula is C19H24ClN5O2S. The summed E-state index contributed by atoms with van der Waals surface area (Å²) in [6, 6.07) is 5.84. The number of carbonyl (C=O) groups excluding carboxylic acids is 2. The van der Waals surface area contributed by atoms with Crippen molar-refractivity contribution in [2.45, 2.75) is 33.4 Å². The fourth-order valence-corrected chi connectivity index (χ4v) is 4.35. The number of nitrogens with zero attached hydrogens (tertiary/aromatic N) is 3. The fraction of sp³-hybridized carbons (Fsp3) is 0.421. The number of piperazine rings is 1. The van der Waals surface area contributed by atoms with Crippen LogP contribution in [0, 0.1) is 0 Å². The first-order valence-corrected chi connectivity index (χ1v) is 10.3. The summed E-state index contributed by atoms with van der Waals surface area (Å²) in [6.45, 7) is 8.49. The van der Waals surface area contributed by atoms with Crippen molar-refractivity contribution in [2.75, 3.05) is 35.2 Å². The Morgan fingerprint density at radius 2 is 2.00 bits per heavy atom. The van der Waals surface area contributed by atoms with Crippen molar-refractivity contribution in [3.63, 3.8) is 0 Å². The van der Waals surface area contributed by atoms with Gasteiger partial charge in [0.25, 0.3) is 0 Å². The maximum absolute atomic E-state index is 11.5. The normalized spacial score (nSPS) is 17.4. The quantitative estimate of drug-likeness (QED) is 0.773. The number of halogens is 1. The predicted molar refractivity (Wildman–Crippen MR) is 114 cm³/mol. The molecule has 1 aromatic heterocycles. The maximum Gasteiger partial charge on any atom is 0.223 e. The van der Waals surface area contributed by atoms with Crippen LogP contribution in [0.1, 0.15) is 25.6 Å². The number of carbonyl (C=O) groups is 2. The van der Waals surface area contributed by atoms with E-state index in [0.717, 1.165) is 42.4 Å². The number of thiazole rings is 1. The topological polar surface area (TPSA) is 77.6 Å². The third-order valence-corrected chi connectivity index (χ3v) is 5.70. The highest BCUT2D eigenvalue weighted by molar-refractivity contribution is 7.15. The van der Waals surface area contributed by atoms with Gasteiger partial charge in [-0.3, -0.25) is 14.5 Å². The van der Waals surface area contributed by atoms with Gasteiger partial charge in [0.2, 0.25) is 11.8 Å². The lowest BCUT2D eigenvalue weighted by molar-refractivity contribution is -0.115. The first-order valence-electron chi connectivity index (χ1n) is 9.10. The first kappa shape index (κ1) is 20.6. The number of aromatic nitrogens is 1. The van der Waals surface area contributed by atoms with Crippen molar-refractivity contribution in [3.05, 3.63) is 34.3 Å². The summed E-state index contributed by atoms with van der Waals surface area (Å²) < 4.78 is 0. The molecule has 2 amide bonds. The number of benzene rings is 1. The van der Waals surface area contributed by atoms with Crippen molar-refractivity contribution in [1.29, 1.82) is 0 Å². The zero-order valence-corrected chi connectivity index (χ0v) is 17.7. The van der Waals surface area contributed by atoms with Crippen molar-refractivity contribution in [2.24, 2.45) is 0 Å². The molecule has 9 heteroatoms. The van der Waals surface area contributed by atoms with Crippen LogP contribution in [0.3, 0.4) is 0 Å². The molecule has 1 fully saturated rings. The summed E-state index contributed by atoms with van der Waals surface area (Å²) in [5, 5.41) is 6.89. The Bertz CT molecular complexity index is 872. The van der Waals surface area contributed by atoms with Gasteiger partial charge < -0.3 is 15.5 Å². The molecular weight excluding hydrogens is 398 g/mol. The molecule has 0 spiro atoms. The van der Waals surface area contributed by atoms with E-state index in [0.29, 0.717) is 16.2 Å². The van der Waals surface area contributed by atoms with Crippen molar-refractivity contribution in [3.8, 4) is 0 Å². The summed E-state index contributed by atoms with van der Waals surface area (Å²) in [5.41, 5.74) is 1.72. The summed E-state index contributed by atoms with van der Waals surface area (Å²) >= 11 is 7.70. The van der Waals surface area contributed by atoms with Gasteiger partial charge in [-0.15, -0.1) is 11.3 Å². The van der Waals surface area contributed by atoms with E-state index in [1.54, 1.807) is 6.07 Å². The standard InChI is InChI=1S/C19H24ClN5O2S/c1-12-10-25(18-8-15(20)4-5-17(18)22-13(2)26)7-6-24(12)11-16-9-21-19(28-16)23-14(3)27/h4-5,8-9,12H,6-7,10-11H2,1-3H3,(H,22,26)(H,21,23,27). The van der Waals surface area contributed by atoms with E-state index in [1.807, 2.05) is 18.3 Å². The number of anilines is 3. The van der Waals surface area contributed by atoms with E-state index >= 15 is 0 Å². The van der Waals surface area contributed by atoms with Gasteiger partial charge in [-0.25, -0.2) is 4.98 Å². The van der Waals surface area contributed by atoms with Gasteiger partial charge in [0.05, 0.1) is 11.4 Å². The highest BCUT2D eigenvalue weighted by Gasteiger charge is 2.26. The Kier molecular flexibility index (Phi) is 6.53. The van der Waals surface area contributed by atoms with Crippen LogP contribution < -0.4 is 15.5 Å². The molecule has 7 nitrogen and oxygen atoms in total. The van der Waals surface area contributed by atoms with Gasteiger partial charge >= 0.3 is 0 Å². The lowest BCUT2D eigenvalue weighted by Gasteiger charge is -2.41. The molecule has 1 atom stereocenters. The Labute approximate surface area is 173 Å². The molecule has 1 aliphatic rings. The van der Waals surface area contributed by atoms with E-state index in [4.69, 9.17) is 11.6 Å². The summed E-state index contributed by atoms with van der Waals surface area (Å²) in [5.74, 6) is -0.213. The number of amides is 2. The maximum atomic E-state index is 11.5. The summed E-state index contributed by atoms with van der Waals surface area (Å²) in [6.07, 6.45) is 1.82. The molecule has 0 radical (unpaired) electrons. The molecule has 2 N–H and O–H groups in total. The predicted octanol–water partition coefficient (Wildman–Crippen LogP) is 3.42. The molecule has 2 heterocycles. The van der Waals surface area contributed by atoms with Crippen LogP contribution in [0.4, 0.5) is 16.5 Å². The Morgan fingerprint density at radius 3 is 2.68 bits per heavy atom. The molecule has 3 rings (SSSR count). The smallest absolute Gasteiger partial charge is 0.223 e. The van der Waals surface area contributed by atoms with Gasteiger partial charge in [-0.05, 0) is 25.1 Å². The SMILES string of the molecule is CC(=O)Nc1ncc(CN2CCN(c3cc(Cl)ccc3NC(C)=O)CC2C)s1. The van der Waals surface area contributed by atoms with Crippen LogP contribution >= 0.6 is 22.9 Å². The number of hydrogen-bond acceptors (Lipinski definition) is 6. The fourth-order valence-electron chi connectivity index (χ4n) is 3.30. The molecule has 1 unspecified atom stereocenters. The van der Waals surface area contributed by atoms with Crippen LogP contribution in [0.2, 0.25) is 5.02 Å². The van der Waals surface area contributed by atoms with Crippen LogP contribution in [0.15, 0.2) is 24.4 Å². The van der Waals surface area contributed by atoms with Gasteiger partial charge in [-0.1, -0.05) is 11.6 Å². The monoisotopic (exact) mass is 421 g/mol. The Morgan fingerprint density at radius 1 is 1.25 bits per heavy atom. The molecule has 0 saturated carbocycles. The minimum Gasteiger partial charge on any atom is -0.367 e. The van der Waals surface area contributed by atoms with Gasteiger partial charge in [0.1, 0.15) is 0 Å². The second kappa shape index (κ2) is 8.89. The Balaban J connectivity index is 1.67. The number of nitrogens with one attached hydrogen (secondary N) is 2. The molecule has 0 bridgehead atoms. The molecule has 1 aromatic carbocycles. The third-order valence-electron chi connectivity index (χ3n) is 4.57. The van der Waals surface area contributed by atoms with Gasteiger partial charge in [-0.2, -0.15) is 0 Å². The molecule has 2 aromatic rings. The molecule has 28 heavy (non-hydrogen) atoms. The highest BCUT2D eigenvalue weighted by atomic mass is 35.5. The molecule has 1 aliphatic heterocycles. The van der Waals surface area contributed by atoms with Crippen LogP contribution in [0.25, 0.3) is 0 Å². The van der Waals surface area contributed by atoms with Crippen LogP contribution in [0.5, 0.6) is 0 Å². The van der Waals surface area contributed by atoms with E-state index < -0.39 is 0 Å². The molecule has 1 saturated heterocycles. The zero-order valence-electron chi connectivity index (χ0n) is 16.2. The van der Waals surface area contributed by atoms with E-state index in [-0.39, 0.29) is 11.8 Å². The minimum absolute atomic E-state index is 0.101. The van der Waals surface area contributed by atoms with Crippen LogP contribution in [-0.4, -0.2) is 47.4 Å². The van der Waals surface area contributed by atoms with Gasteiger partial charge in [0, 0.05) is 62.2 Å². The third kappa shape index (κ3) is 5.21. The lowest BCUT2D eigenvalue weighted by atomic mass is 10.1. The highest BCUT2D eigenvalue weighted by Crippen LogP contribution is 2.31. The summed E-state index contributed by atoms with van der Waals surface area (Å²) in [4.78, 5) is 32.7. The lowest BCUT2D eigenvalue weighted by Crippen LogP contribution is -2.51. The van der Waals surface area contributed by atoms with Gasteiger partial charge in [0.15, 0.2) is 5.13 Å². The largest absolute Gasteiger partial charge is 0.367 e. The second-order valence-electron chi connectivity index (χ2n) is 6.92. The average molecular weight is 422 g/mol. The Hall–Kier alpha value is -2.16. The van der Waals surface area contributed by atoms with Crippen molar-refractivity contribution < 1.29 is 9.59 Å². The number of hydrogen-bond donors (Lipinski definition) is 2. The van der Waals surface area contributed by atoms with E-state index in [1.165, 1.54) is 25.2 Å². The minimum atomic E-state index is -0.112. The number of rotatable bonds is 5. The second-order valence-corrected chi connectivity index (χ2v) is 8.47. The average Bonchev–Trinajstić information content (AvgIpc) is 3.04. The van der Waals surface area contributed by atoms with E-state index in [2.05, 4.69) is 32.3 Å². The van der Waals surface area contributed by atoms with E-state index in [9.17, 15) is 9.59 Å². The van der Waals surface area contributed by atoms with Crippen LogP contribution in [-0.2, 0) is 16.1 Å². The molecule has 0 aliphatic carbocycles. The first-order chi connectivity index (χ1) is 13.3. The zero-order chi connectivity index (χ0) is 20.3. The van der Waals surface area contributed by atoms with Crippen molar-refractivity contribution in [1.82, 2.24) is 9.88 Å². The summed E-state index contributed by atoms with van der Waals surface area (Å²) in [7, 11) is 0.